The molecule has 0 radical (unpaired) electrons. The third-order valence-electron chi connectivity index (χ3n) is 3.72. The van der Waals surface area contributed by atoms with Crippen molar-refractivity contribution in [2.24, 2.45) is 10.1 Å². The zero-order valence-electron chi connectivity index (χ0n) is 14.3. The molecule has 1 unspecified atom stereocenters. The second-order valence-corrected chi connectivity index (χ2v) is 5.79. The van der Waals surface area contributed by atoms with Gasteiger partial charge < -0.3 is 10.4 Å². The minimum atomic E-state index is -1.09. The average Bonchev–Trinajstić information content (AvgIpc) is 2.99. The van der Waals surface area contributed by atoms with Crippen LogP contribution in [0.25, 0.3) is 0 Å². The summed E-state index contributed by atoms with van der Waals surface area (Å²) in [5.41, 5.74) is 3.03. The smallest absolute Gasteiger partial charge is 0.252 e. The van der Waals surface area contributed by atoms with Crippen LogP contribution in [0.4, 0.5) is 14.5 Å². The fourth-order valence-electron chi connectivity index (χ4n) is 2.36. The zero-order valence-corrected chi connectivity index (χ0v) is 14.3. The van der Waals surface area contributed by atoms with Gasteiger partial charge in [-0.1, -0.05) is 12.1 Å². The normalized spacial score (nSPS) is 16.0. The molecule has 0 fully saturated rings. The lowest BCUT2D eigenvalue weighted by Crippen LogP contribution is -2.35. The standard InChI is InChI=1S/C18H15F2N5O3/c19-12-6-5-11(7-13(12)20)22-16(27)8-14-17(28)24-18(23-14)25-21-9-10-3-1-2-4-15(10)26/h1-7,9,14,26H,8H2,(H,22,27)(H2,23,24,25,28). The van der Waals surface area contributed by atoms with Crippen molar-refractivity contribution >= 4 is 29.7 Å². The maximum Gasteiger partial charge on any atom is 0.252 e. The topological polar surface area (TPSA) is 115 Å². The van der Waals surface area contributed by atoms with E-state index in [0.29, 0.717) is 5.56 Å². The van der Waals surface area contributed by atoms with Crippen LogP contribution in [-0.2, 0) is 9.59 Å². The Hall–Kier alpha value is -3.82. The number of phenols is 1. The number of amides is 2. The van der Waals surface area contributed by atoms with Gasteiger partial charge in [0.1, 0.15) is 11.8 Å². The number of hydrazone groups is 1. The molecule has 1 heterocycles. The molecule has 4 N–H and O–H groups in total. The van der Waals surface area contributed by atoms with E-state index in [0.717, 1.165) is 12.1 Å². The van der Waals surface area contributed by atoms with Crippen molar-refractivity contribution in [2.45, 2.75) is 12.5 Å². The van der Waals surface area contributed by atoms with Gasteiger partial charge in [0.15, 0.2) is 11.6 Å². The first-order chi connectivity index (χ1) is 13.4. The Balaban J connectivity index is 1.56. The molecule has 0 saturated carbocycles. The van der Waals surface area contributed by atoms with Crippen molar-refractivity contribution in [3.05, 3.63) is 59.7 Å². The first kappa shape index (κ1) is 19.0. The number of hydrogen-bond donors (Lipinski definition) is 4. The van der Waals surface area contributed by atoms with Gasteiger partial charge in [0.05, 0.1) is 12.6 Å². The molecular formula is C18H15F2N5O3. The molecule has 0 aromatic heterocycles. The third-order valence-corrected chi connectivity index (χ3v) is 3.72. The van der Waals surface area contributed by atoms with Gasteiger partial charge in [-0.15, -0.1) is 0 Å². The van der Waals surface area contributed by atoms with Gasteiger partial charge in [-0.25, -0.2) is 19.2 Å². The highest BCUT2D eigenvalue weighted by Crippen LogP contribution is 2.15. The van der Waals surface area contributed by atoms with Crippen LogP contribution in [0.2, 0.25) is 0 Å². The molecule has 144 valence electrons. The molecule has 0 saturated heterocycles. The monoisotopic (exact) mass is 387 g/mol. The number of halogens is 2. The lowest BCUT2D eigenvalue weighted by atomic mass is 10.2. The molecule has 1 aliphatic heterocycles. The fourth-order valence-corrected chi connectivity index (χ4v) is 2.36. The van der Waals surface area contributed by atoms with Crippen LogP contribution in [0, 0.1) is 11.6 Å². The van der Waals surface area contributed by atoms with Crippen molar-refractivity contribution in [1.82, 2.24) is 10.7 Å². The summed E-state index contributed by atoms with van der Waals surface area (Å²) in [4.78, 5) is 27.9. The van der Waals surface area contributed by atoms with Crippen LogP contribution in [0.15, 0.2) is 52.6 Å². The van der Waals surface area contributed by atoms with E-state index in [-0.39, 0.29) is 23.8 Å². The molecule has 8 nitrogen and oxygen atoms in total. The Morgan fingerprint density at radius 3 is 2.79 bits per heavy atom. The minimum Gasteiger partial charge on any atom is -0.507 e. The van der Waals surface area contributed by atoms with Crippen molar-refractivity contribution in [3.8, 4) is 5.75 Å². The summed E-state index contributed by atoms with van der Waals surface area (Å²) in [6, 6.07) is 8.46. The maximum atomic E-state index is 13.2. The Kier molecular flexibility index (Phi) is 5.58. The summed E-state index contributed by atoms with van der Waals surface area (Å²) in [5.74, 6) is -3.14. The van der Waals surface area contributed by atoms with Crippen molar-refractivity contribution in [3.63, 3.8) is 0 Å². The molecule has 2 amide bonds. The van der Waals surface area contributed by atoms with E-state index in [1.165, 1.54) is 18.3 Å². The highest BCUT2D eigenvalue weighted by atomic mass is 19.2. The summed E-state index contributed by atoms with van der Waals surface area (Å²) < 4.78 is 26.1. The average molecular weight is 387 g/mol. The van der Waals surface area contributed by atoms with Gasteiger partial charge in [0.25, 0.3) is 5.91 Å². The van der Waals surface area contributed by atoms with Crippen molar-refractivity contribution < 1.29 is 23.5 Å². The Bertz CT molecular complexity index is 977. The third kappa shape index (κ3) is 4.67. The number of carbonyl (C=O) groups excluding carboxylic acids is 2. The zero-order chi connectivity index (χ0) is 20.1. The molecule has 0 spiro atoms. The summed E-state index contributed by atoms with van der Waals surface area (Å²) >= 11 is 0. The minimum absolute atomic E-state index is 0.0391. The highest BCUT2D eigenvalue weighted by Gasteiger charge is 2.28. The predicted octanol–water partition coefficient (Wildman–Crippen LogP) is 1.48. The second kappa shape index (κ2) is 8.25. The van der Waals surface area contributed by atoms with E-state index in [1.807, 2.05) is 0 Å². The van der Waals surface area contributed by atoms with Crippen LogP contribution >= 0.6 is 0 Å². The lowest BCUT2D eigenvalue weighted by molar-refractivity contribution is -0.123. The number of anilines is 1. The van der Waals surface area contributed by atoms with Gasteiger partial charge in [0.2, 0.25) is 11.9 Å². The van der Waals surface area contributed by atoms with Gasteiger partial charge >= 0.3 is 0 Å². The second-order valence-electron chi connectivity index (χ2n) is 5.79. The number of aromatic hydroxyl groups is 1. The van der Waals surface area contributed by atoms with Crippen LogP contribution in [0.5, 0.6) is 5.75 Å². The Labute approximate surface area is 158 Å². The summed E-state index contributed by atoms with van der Waals surface area (Å²) in [7, 11) is 0. The molecular weight excluding hydrogens is 372 g/mol. The van der Waals surface area contributed by atoms with E-state index >= 15 is 0 Å². The van der Waals surface area contributed by atoms with E-state index in [1.54, 1.807) is 18.2 Å². The first-order valence-corrected chi connectivity index (χ1v) is 8.13. The number of phenolic OH excluding ortho intramolecular Hbond substituents is 1. The number of aliphatic imine (C=N–C) groups is 1. The summed E-state index contributed by atoms with van der Waals surface area (Å²) in [5, 5.41) is 18.3. The van der Waals surface area contributed by atoms with E-state index in [2.05, 4.69) is 26.2 Å². The van der Waals surface area contributed by atoms with Gasteiger partial charge in [-0.2, -0.15) is 5.10 Å². The fraction of sp³-hybridized carbons (Fsp3) is 0.111. The van der Waals surface area contributed by atoms with E-state index < -0.39 is 29.5 Å². The number of nitrogens with zero attached hydrogens (tertiary/aromatic N) is 2. The molecule has 2 aromatic carbocycles. The lowest BCUT2D eigenvalue weighted by Gasteiger charge is -2.07. The quantitative estimate of drug-likeness (QED) is 0.459. The van der Waals surface area contributed by atoms with Crippen molar-refractivity contribution in [2.75, 3.05) is 5.32 Å². The number of para-hydroxylation sites is 1. The Morgan fingerprint density at radius 2 is 2.04 bits per heavy atom. The number of benzene rings is 2. The van der Waals surface area contributed by atoms with E-state index in [9.17, 15) is 23.5 Å². The van der Waals surface area contributed by atoms with Gasteiger partial charge in [-0.05, 0) is 24.3 Å². The van der Waals surface area contributed by atoms with Gasteiger partial charge in [0, 0.05) is 17.3 Å². The highest BCUT2D eigenvalue weighted by molar-refractivity contribution is 6.07. The molecule has 28 heavy (non-hydrogen) atoms. The number of guanidine groups is 1. The van der Waals surface area contributed by atoms with Crippen LogP contribution < -0.4 is 16.1 Å². The molecule has 10 heteroatoms. The summed E-state index contributed by atoms with van der Waals surface area (Å²) in [6.45, 7) is 0. The predicted molar refractivity (Wildman–Crippen MR) is 97.8 cm³/mol. The summed E-state index contributed by atoms with van der Waals surface area (Å²) in [6.07, 6.45) is 1.05. The number of hydrogen-bond acceptors (Lipinski definition) is 6. The number of carbonyl (C=O) groups is 2. The van der Waals surface area contributed by atoms with Crippen LogP contribution in [-0.4, -0.2) is 35.1 Å². The first-order valence-electron chi connectivity index (χ1n) is 8.13. The molecule has 1 aliphatic rings. The molecule has 3 rings (SSSR count). The van der Waals surface area contributed by atoms with Gasteiger partial charge in [-0.3, -0.25) is 14.9 Å². The molecule has 2 aromatic rings. The van der Waals surface area contributed by atoms with Crippen LogP contribution in [0.1, 0.15) is 12.0 Å². The molecule has 0 aliphatic carbocycles. The van der Waals surface area contributed by atoms with Crippen LogP contribution in [0.3, 0.4) is 0 Å². The largest absolute Gasteiger partial charge is 0.507 e. The maximum absolute atomic E-state index is 13.2. The Morgan fingerprint density at radius 1 is 1.25 bits per heavy atom. The van der Waals surface area contributed by atoms with E-state index in [4.69, 9.17) is 0 Å². The molecule has 1 atom stereocenters. The number of nitrogens with one attached hydrogen (secondary N) is 3. The SMILES string of the molecule is O=C(CC1N=C(NN=Cc2ccccc2O)NC1=O)Nc1ccc(F)c(F)c1. The van der Waals surface area contributed by atoms with Crippen molar-refractivity contribution in [1.29, 1.82) is 0 Å². The number of rotatable bonds is 5. The molecule has 0 bridgehead atoms.